The Balaban J connectivity index is 1.71. The minimum absolute atomic E-state index is 0.175. The fourth-order valence-electron chi connectivity index (χ4n) is 3.81. The Hall–Kier alpha value is -2.82. The summed E-state index contributed by atoms with van der Waals surface area (Å²) >= 11 is 0. The molecule has 0 spiro atoms. The maximum absolute atomic E-state index is 12.9. The number of carbonyl (C=O) groups is 2. The van der Waals surface area contributed by atoms with Crippen LogP contribution in [-0.2, 0) is 27.3 Å². The van der Waals surface area contributed by atoms with Gasteiger partial charge in [-0.1, -0.05) is 60.2 Å². The van der Waals surface area contributed by atoms with Crippen LogP contribution < -0.4 is 0 Å². The number of benzene rings is 2. The number of aryl methyl sites for hydroxylation is 1. The minimum atomic E-state index is -0.627. The summed E-state index contributed by atoms with van der Waals surface area (Å²) in [7, 11) is 0. The van der Waals surface area contributed by atoms with Gasteiger partial charge in [-0.05, 0) is 57.6 Å². The van der Waals surface area contributed by atoms with Crippen molar-refractivity contribution < 1.29 is 19.1 Å². The van der Waals surface area contributed by atoms with Gasteiger partial charge in [0.05, 0.1) is 0 Å². The summed E-state index contributed by atoms with van der Waals surface area (Å²) in [4.78, 5) is 27.2. The molecule has 0 aliphatic carbocycles. The van der Waals surface area contributed by atoms with Crippen molar-refractivity contribution in [3.05, 3.63) is 71.3 Å². The summed E-state index contributed by atoms with van der Waals surface area (Å²) in [5.41, 5.74) is 2.71. The number of likely N-dealkylation sites (tertiary alicyclic amines) is 1. The quantitative estimate of drug-likeness (QED) is 0.659. The minimum Gasteiger partial charge on any atom is -0.459 e. The van der Waals surface area contributed by atoms with E-state index in [1.807, 2.05) is 57.2 Å². The number of hydrogen-bond acceptors (Lipinski definition) is 4. The second-order valence-corrected chi connectivity index (χ2v) is 9.04. The van der Waals surface area contributed by atoms with E-state index in [-0.39, 0.29) is 18.5 Å². The number of ether oxygens (including phenoxy) is 2. The molecule has 1 aliphatic heterocycles. The van der Waals surface area contributed by atoms with Gasteiger partial charge < -0.3 is 9.47 Å². The van der Waals surface area contributed by atoms with Crippen molar-refractivity contribution in [2.75, 3.05) is 6.54 Å². The van der Waals surface area contributed by atoms with E-state index in [1.165, 1.54) is 11.1 Å². The van der Waals surface area contributed by atoms with Crippen LogP contribution in [0.15, 0.2) is 54.6 Å². The van der Waals surface area contributed by atoms with E-state index in [0.29, 0.717) is 13.0 Å². The van der Waals surface area contributed by atoms with Crippen LogP contribution in [0.5, 0.6) is 0 Å². The maximum atomic E-state index is 12.9. The monoisotopic (exact) mass is 409 g/mol. The molecular weight excluding hydrogens is 378 g/mol. The molecule has 5 nitrogen and oxygen atoms in total. The first-order valence-electron chi connectivity index (χ1n) is 10.5. The molecule has 3 rings (SSSR count). The van der Waals surface area contributed by atoms with E-state index in [9.17, 15) is 9.59 Å². The van der Waals surface area contributed by atoms with Crippen molar-refractivity contribution in [1.29, 1.82) is 0 Å². The lowest BCUT2D eigenvalue weighted by Crippen LogP contribution is -2.44. The van der Waals surface area contributed by atoms with Gasteiger partial charge in [0.25, 0.3) is 0 Å². The third kappa shape index (κ3) is 6.09. The topological polar surface area (TPSA) is 55.8 Å². The highest BCUT2D eigenvalue weighted by Crippen LogP contribution is 2.29. The predicted octanol–water partition coefficient (Wildman–Crippen LogP) is 4.91. The fourth-order valence-corrected chi connectivity index (χ4v) is 3.81. The molecule has 1 heterocycles. The van der Waals surface area contributed by atoms with Crippen molar-refractivity contribution in [2.45, 2.75) is 58.8 Å². The van der Waals surface area contributed by atoms with Crippen LogP contribution in [0, 0.1) is 12.8 Å². The highest BCUT2D eigenvalue weighted by molar-refractivity contribution is 5.82. The van der Waals surface area contributed by atoms with Crippen LogP contribution in [0.2, 0.25) is 0 Å². The Morgan fingerprint density at radius 2 is 1.73 bits per heavy atom. The largest absolute Gasteiger partial charge is 0.459 e. The predicted molar refractivity (Wildman–Crippen MR) is 116 cm³/mol. The van der Waals surface area contributed by atoms with E-state index in [1.54, 1.807) is 4.90 Å². The number of hydrogen-bond donors (Lipinski definition) is 0. The highest BCUT2D eigenvalue weighted by atomic mass is 16.6. The Morgan fingerprint density at radius 3 is 2.40 bits per heavy atom. The Bertz CT molecular complexity index is 872. The fraction of sp³-hybridized carbons (Fsp3) is 0.440. The number of nitrogens with zero attached hydrogens (tertiary/aromatic N) is 1. The van der Waals surface area contributed by atoms with E-state index < -0.39 is 17.7 Å². The first kappa shape index (κ1) is 21.9. The molecule has 0 radical (unpaired) electrons. The lowest BCUT2D eigenvalue weighted by Gasteiger charge is -2.27. The van der Waals surface area contributed by atoms with Crippen LogP contribution in [0.1, 0.15) is 43.9 Å². The molecule has 0 aromatic heterocycles. The zero-order valence-electron chi connectivity index (χ0n) is 18.3. The number of rotatable bonds is 5. The summed E-state index contributed by atoms with van der Waals surface area (Å²) in [5, 5.41) is 0. The van der Waals surface area contributed by atoms with Crippen LogP contribution in [-0.4, -0.2) is 35.2 Å². The van der Waals surface area contributed by atoms with Gasteiger partial charge in [-0.15, -0.1) is 0 Å². The van der Waals surface area contributed by atoms with E-state index in [2.05, 4.69) is 25.1 Å². The first-order chi connectivity index (χ1) is 14.2. The van der Waals surface area contributed by atoms with Gasteiger partial charge in [0.1, 0.15) is 18.2 Å². The summed E-state index contributed by atoms with van der Waals surface area (Å²) in [6, 6.07) is 17.3. The smallest absolute Gasteiger partial charge is 0.411 e. The molecule has 0 unspecified atom stereocenters. The van der Waals surface area contributed by atoms with E-state index in [4.69, 9.17) is 9.47 Å². The van der Waals surface area contributed by atoms with Gasteiger partial charge in [-0.3, -0.25) is 4.90 Å². The molecule has 2 aromatic carbocycles. The van der Waals surface area contributed by atoms with Crippen molar-refractivity contribution in [1.82, 2.24) is 4.90 Å². The van der Waals surface area contributed by atoms with Crippen molar-refractivity contribution in [3.63, 3.8) is 0 Å². The third-order valence-corrected chi connectivity index (χ3v) is 5.12. The second-order valence-electron chi connectivity index (χ2n) is 9.04. The molecule has 5 heteroatoms. The Labute approximate surface area is 179 Å². The summed E-state index contributed by atoms with van der Waals surface area (Å²) in [5.74, 6) is -0.204. The van der Waals surface area contributed by atoms with Gasteiger partial charge in [0.2, 0.25) is 0 Å². The molecule has 2 atom stereocenters. The van der Waals surface area contributed by atoms with Crippen LogP contribution >= 0.6 is 0 Å². The van der Waals surface area contributed by atoms with Crippen molar-refractivity contribution in [3.8, 4) is 0 Å². The number of amides is 1. The molecule has 1 saturated heterocycles. The van der Waals surface area contributed by atoms with E-state index in [0.717, 1.165) is 12.0 Å². The zero-order chi connectivity index (χ0) is 21.7. The second kappa shape index (κ2) is 9.33. The Kier molecular flexibility index (Phi) is 6.80. The van der Waals surface area contributed by atoms with Crippen LogP contribution in [0.4, 0.5) is 4.79 Å². The van der Waals surface area contributed by atoms with Gasteiger partial charge in [-0.2, -0.15) is 0 Å². The molecular formula is C25H31NO4. The normalized spacial score (nSPS) is 18.9. The number of esters is 1. The SMILES string of the molecule is Cc1cccc(C[C@H]2C[C@H](C(=O)OCc3ccccc3)N(C(=O)OC(C)(C)C)C2)c1. The molecule has 30 heavy (non-hydrogen) atoms. The van der Waals surface area contributed by atoms with Crippen LogP contribution in [0.25, 0.3) is 0 Å². The molecule has 1 amide bonds. The highest BCUT2D eigenvalue weighted by Gasteiger charge is 2.42. The van der Waals surface area contributed by atoms with E-state index >= 15 is 0 Å². The van der Waals surface area contributed by atoms with Crippen LogP contribution in [0.3, 0.4) is 0 Å². The Morgan fingerprint density at radius 1 is 1.03 bits per heavy atom. The van der Waals surface area contributed by atoms with Crippen molar-refractivity contribution >= 4 is 12.1 Å². The molecule has 0 saturated carbocycles. The summed E-state index contributed by atoms with van der Waals surface area (Å²) in [6.07, 6.45) is 0.917. The lowest BCUT2D eigenvalue weighted by molar-refractivity contribution is -0.150. The third-order valence-electron chi connectivity index (χ3n) is 5.12. The lowest BCUT2D eigenvalue weighted by atomic mass is 9.96. The molecule has 2 aromatic rings. The average molecular weight is 410 g/mol. The molecule has 0 N–H and O–H groups in total. The summed E-state index contributed by atoms with van der Waals surface area (Å²) < 4.78 is 11.1. The maximum Gasteiger partial charge on any atom is 0.411 e. The van der Waals surface area contributed by atoms with Gasteiger partial charge in [0.15, 0.2) is 0 Å². The van der Waals surface area contributed by atoms with Gasteiger partial charge >= 0.3 is 12.1 Å². The van der Waals surface area contributed by atoms with Gasteiger partial charge in [-0.25, -0.2) is 9.59 Å². The van der Waals surface area contributed by atoms with Crippen molar-refractivity contribution in [2.24, 2.45) is 5.92 Å². The first-order valence-corrected chi connectivity index (χ1v) is 10.5. The average Bonchev–Trinajstić information content (AvgIpc) is 3.10. The molecule has 160 valence electrons. The summed E-state index contributed by atoms with van der Waals surface area (Å²) in [6.45, 7) is 8.22. The standard InChI is InChI=1S/C25H31NO4/c1-18-9-8-12-20(13-18)14-21-15-22(26(16-21)24(28)30-25(2,3)4)23(27)29-17-19-10-6-5-7-11-19/h5-13,21-22H,14-17H2,1-4H3/t21-,22+/m0/s1. The zero-order valence-corrected chi connectivity index (χ0v) is 18.3. The molecule has 0 bridgehead atoms. The van der Waals surface area contributed by atoms with Gasteiger partial charge in [0, 0.05) is 6.54 Å². The number of carbonyl (C=O) groups excluding carboxylic acids is 2. The molecule has 1 aliphatic rings. The molecule has 1 fully saturated rings.